The number of rotatable bonds is 5. The number of nitrogens with one attached hydrogen (secondary N) is 1. The summed E-state index contributed by atoms with van der Waals surface area (Å²) in [6, 6.07) is 10.1. The minimum Gasteiger partial charge on any atom is -0.310 e. The zero-order valence-corrected chi connectivity index (χ0v) is 15.6. The summed E-state index contributed by atoms with van der Waals surface area (Å²) in [6.45, 7) is 1.93. The van der Waals surface area contributed by atoms with E-state index in [0.717, 1.165) is 22.2 Å². The SMILES string of the molecule is Cc1ncc(NC(=O)CC2CCCC2)n1-c1nc(-c2ccccc2)cs1. The number of carbonyl (C=O) groups excluding carboxylic acids is 1. The van der Waals surface area contributed by atoms with Crippen LogP contribution in [-0.2, 0) is 4.79 Å². The van der Waals surface area contributed by atoms with Gasteiger partial charge in [0.2, 0.25) is 5.91 Å². The highest BCUT2D eigenvalue weighted by Crippen LogP contribution is 2.29. The number of aryl methyl sites for hydroxylation is 1. The summed E-state index contributed by atoms with van der Waals surface area (Å²) in [5, 5.41) is 5.88. The van der Waals surface area contributed by atoms with Gasteiger partial charge in [0.05, 0.1) is 11.9 Å². The van der Waals surface area contributed by atoms with Gasteiger partial charge < -0.3 is 5.32 Å². The fourth-order valence-electron chi connectivity index (χ4n) is 3.55. The van der Waals surface area contributed by atoms with Gasteiger partial charge >= 0.3 is 0 Å². The minimum absolute atomic E-state index is 0.0675. The number of carbonyl (C=O) groups is 1. The molecule has 6 heteroatoms. The number of amides is 1. The first kappa shape index (κ1) is 17.0. The Bertz CT molecular complexity index is 894. The Balaban J connectivity index is 1.55. The maximum atomic E-state index is 12.4. The summed E-state index contributed by atoms with van der Waals surface area (Å²) in [4.78, 5) is 21.5. The van der Waals surface area contributed by atoms with E-state index in [2.05, 4.69) is 10.3 Å². The van der Waals surface area contributed by atoms with Crippen molar-refractivity contribution in [2.75, 3.05) is 5.32 Å². The highest BCUT2D eigenvalue weighted by Gasteiger charge is 2.20. The third-order valence-corrected chi connectivity index (χ3v) is 5.73. The van der Waals surface area contributed by atoms with Gasteiger partial charge in [0.15, 0.2) is 5.13 Å². The topological polar surface area (TPSA) is 59.8 Å². The van der Waals surface area contributed by atoms with Crippen molar-refractivity contribution in [3.63, 3.8) is 0 Å². The predicted molar refractivity (Wildman–Crippen MR) is 105 cm³/mol. The number of hydrogen-bond donors (Lipinski definition) is 1. The molecule has 0 spiro atoms. The van der Waals surface area contributed by atoms with Crippen LogP contribution in [0.2, 0.25) is 0 Å². The zero-order valence-electron chi connectivity index (χ0n) is 14.8. The maximum Gasteiger partial charge on any atom is 0.225 e. The standard InChI is InChI=1S/C20H22N4OS/c1-14-21-12-18(23-19(25)11-15-7-5-6-8-15)24(14)20-22-17(13-26-20)16-9-3-2-4-10-16/h2-4,9-10,12-13,15H,5-8,11H2,1H3,(H,23,25). The van der Waals surface area contributed by atoms with Gasteiger partial charge in [-0.05, 0) is 25.7 Å². The molecule has 1 aromatic carbocycles. The maximum absolute atomic E-state index is 12.4. The highest BCUT2D eigenvalue weighted by molar-refractivity contribution is 7.12. The molecule has 1 aliphatic carbocycles. The van der Waals surface area contributed by atoms with E-state index in [-0.39, 0.29) is 5.91 Å². The van der Waals surface area contributed by atoms with Crippen molar-refractivity contribution in [3.8, 4) is 16.4 Å². The summed E-state index contributed by atoms with van der Waals surface area (Å²) >= 11 is 1.55. The fourth-order valence-corrected chi connectivity index (χ4v) is 4.45. The molecule has 4 rings (SSSR count). The van der Waals surface area contributed by atoms with E-state index in [1.54, 1.807) is 17.5 Å². The van der Waals surface area contributed by atoms with E-state index < -0.39 is 0 Å². The molecule has 0 unspecified atom stereocenters. The second kappa shape index (κ2) is 7.41. The molecule has 3 aromatic rings. The van der Waals surface area contributed by atoms with Crippen LogP contribution in [0.3, 0.4) is 0 Å². The van der Waals surface area contributed by atoms with Gasteiger partial charge in [0.1, 0.15) is 11.6 Å². The van der Waals surface area contributed by atoms with Crippen LogP contribution < -0.4 is 5.32 Å². The normalized spacial score (nSPS) is 14.7. The van der Waals surface area contributed by atoms with Gasteiger partial charge in [-0.3, -0.25) is 9.36 Å². The van der Waals surface area contributed by atoms with E-state index in [1.165, 1.54) is 25.7 Å². The lowest BCUT2D eigenvalue weighted by atomic mass is 10.0. The van der Waals surface area contributed by atoms with Gasteiger partial charge in [-0.25, -0.2) is 9.97 Å². The molecule has 1 amide bonds. The lowest BCUT2D eigenvalue weighted by molar-refractivity contribution is -0.117. The molecular weight excluding hydrogens is 344 g/mol. The number of nitrogens with zero attached hydrogens (tertiary/aromatic N) is 3. The van der Waals surface area contributed by atoms with Gasteiger partial charge in [-0.2, -0.15) is 0 Å². The molecule has 1 fully saturated rings. The van der Waals surface area contributed by atoms with Crippen molar-refractivity contribution in [2.45, 2.75) is 39.0 Å². The molecule has 134 valence electrons. The summed E-state index contributed by atoms with van der Waals surface area (Å²) in [7, 11) is 0. The molecule has 26 heavy (non-hydrogen) atoms. The van der Waals surface area contributed by atoms with Gasteiger partial charge in [-0.1, -0.05) is 43.2 Å². The lowest BCUT2D eigenvalue weighted by Gasteiger charge is -2.11. The Morgan fingerprint density at radius 1 is 1.27 bits per heavy atom. The van der Waals surface area contributed by atoms with Crippen LogP contribution in [-0.4, -0.2) is 20.4 Å². The molecule has 2 aromatic heterocycles. The highest BCUT2D eigenvalue weighted by atomic mass is 32.1. The van der Waals surface area contributed by atoms with Crippen LogP contribution in [0, 0.1) is 12.8 Å². The van der Waals surface area contributed by atoms with Crippen molar-refractivity contribution in [1.29, 1.82) is 0 Å². The molecule has 0 atom stereocenters. The van der Waals surface area contributed by atoms with Crippen LogP contribution in [0.4, 0.5) is 5.82 Å². The summed E-state index contributed by atoms with van der Waals surface area (Å²) in [5.41, 5.74) is 2.02. The molecule has 0 saturated heterocycles. The number of aromatic nitrogens is 3. The van der Waals surface area contributed by atoms with Gasteiger partial charge in [0, 0.05) is 17.4 Å². The average Bonchev–Trinajstić information content (AvgIpc) is 3.38. The smallest absolute Gasteiger partial charge is 0.225 e. The molecule has 0 radical (unpaired) electrons. The zero-order chi connectivity index (χ0) is 17.9. The number of hydrogen-bond acceptors (Lipinski definition) is 4. The summed E-state index contributed by atoms with van der Waals surface area (Å²) < 4.78 is 1.92. The van der Waals surface area contributed by atoms with Gasteiger partial charge in [0.25, 0.3) is 0 Å². The van der Waals surface area contributed by atoms with E-state index >= 15 is 0 Å². The first-order chi connectivity index (χ1) is 12.7. The third kappa shape index (κ3) is 3.55. The Morgan fingerprint density at radius 2 is 2.04 bits per heavy atom. The molecular formula is C20H22N4OS. The van der Waals surface area contributed by atoms with Crippen molar-refractivity contribution < 1.29 is 4.79 Å². The molecule has 5 nitrogen and oxygen atoms in total. The average molecular weight is 366 g/mol. The molecule has 1 aliphatic rings. The number of thiazole rings is 1. The molecule has 1 N–H and O–H groups in total. The Labute approximate surface area is 157 Å². The first-order valence-corrected chi connectivity index (χ1v) is 9.94. The Hall–Kier alpha value is -2.47. The van der Waals surface area contributed by atoms with Crippen molar-refractivity contribution >= 4 is 23.1 Å². The Kier molecular flexibility index (Phi) is 4.84. The lowest BCUT2D eigenvalue weighted by Crippen LogP contribution is -2.17. The third-order valence-electron chi connectivity index (χ3n) is 4.91. The largest absolute Gasteiger partial charge is 0.310 e. The van der Waals surface area contributed by atoms with Crippen LogP contribution in [0.25, 0.3) is 16.4 Å². The second-order valence-electron chi connectivity index (χ2n) is 6.81. The van der Waals surface area contributed by atoms with E-state index in [4.69, 9.17) is 4.98 Å². The minimum atomic E-state index is 0.0675. The fraction of sp³-hybridized carbons (Fsp3) is 0.350. The second-order valence-corrected chi connectivity index (χ2v) is 7.65. The van der Waals surface area contributed by atoms with E-state index in [9.17, 15) is 4.79 Å². The Morgan fingerprint density at radius 3 is 2.81 bits per heavy atom. The van der Waals surface area contributed by atoms with Crippen molar-refractivity contribution in [2.24, 2.45) is 5.92 Å². The molecule has 1 saturated carbocycles. The van der Waals surface area contributed by atoms with Crippen LogP contribution >= 0.6 is 11.3 Å². The predicted octanol–water partition coefficient (Wildman–Crippen LogP) is 4.82. The van der Waals surface area contributed by atoms with Crippen molar-refractivity contribution in [1.82, 2.24) is 14.5 Å². The van der Waals surface area contributed by atoms with E-state index in [1.807, 2.05) is 47.2 Å². The van der Waals surface area contributed by atoms with Gasteiger partial charge in [-0.15, -0.1) is 11.3 Å². The quantitative estimate of drug-likeness (QED) is 0.704. The molecule has 0 bridgehead atoms. The molecule has 0 aliphatic heterocycles. The summed E-state index contributed by atoms with van der Waals surface area (Å²) in [5.74, 6) is 2.10. The first-order valence-electron chi connectivity index (χ1n) is 9.06. The number of anilines is 1. The van der Waals surface area contributed by atoms with Crippen LogP contribution in [0.5, 0.6) is 0 Å². The van der Waals surface area contributed by atoms with E-state index in [0.29, 0.717) is 18.2 Å². The summed E-state index contributed by atoms with van der Waals surface area (Å²) in [6.07, 6.45) is 7.13. The number of imidazole rings is 1. The monoisotopic (exact) mass is 366 g/mol. The van der Waals surface area contributed by atoms with Crippen molar-refractivity contribution in [3.05, 3.63) is 47.7 Å². The van der Waals surface area contributed by atoms with Crippen LogP contribution in [0.15, 0.2) is 41.9 Å². The number of benzene rings is 1. The van der Waals surface area contributed by atoms with Crippen LogP contribution in [0.1, 0.15) is 37.9 Å². The molecule has 2 heterocycles.